The Hall–Kier alpha value is -4.06. The van der Waals surface area contributed by atoms with Gasteiger partial charge in [-0.2, -0.15) is 0 Å². The van der Waals surface area contributed by atoms with Crippen molar-refractivity contribution in [3.05, 3.63) is 83.6 Å². The molecule has 1 aliphatic rings. The number of aromatic hydroxyl groups is 2. The Balaban J connectivity index is 1.49. The lowest BCUT2D eigenvalue weighted by Crippen LogP contribution is -2.34. The molecule has 0 saturated heterocycles. The number of fused-ring (bicyclic) bond motifs is 2. The van der Waals surface area contributed by atoms with Crippen LogP contribution < -0.4 is 0 Å². The van der Waals surface area contributed by atoms with Gasteiger partial charge in [-0.25, -0.2) is 4.98 Å². The van der Waals surface area contributed by atoms with Crippen LogP contribution >= 0.6 is 0 Å². The van der Waals surface area contributed by atoms with Crippen LogP contribution in [0.25, 0.3) is 28.4 Å². The fourth-order valence-electron chi connectivity index (χ4n) is 4.43. The van der Waals surface area contributed by atoms with E-state index in [1.165, 1.54) is 6.07 Å². The van der Waals surface area contributed by atoms with Crippen LogP contribution in [0.15, 0.2) is 66.9 Å². The van der Waals surface area contributed by atoms with Crippen molar-refractivity contribution in [3.63, 3.8) is 0 Å². The molecule has 3 heterocycles. The van der Waals surface area contributed by atoms with Gasteiger partial charge in [-0.15, -0.1) is 0 Å². The van der Waals surface area contributed by atoms with Gasteiger partial charge < -0.3 is 19.7 Å². The minimum absolute atomic E-state index is 0.0943. The van der Waals surface area contributed by atoms with Gasteiger partial charge >= 0.3 is 0 Å². The number of pyridine rings is 1. The highest BCUT2D eigenvalue weighted by Crippen LogP contribution is 2.34. The molecule has 2 aromatic heterocycles. The minimum Gasteiger partial charge on any atom is -0.504 e. The molecule has 6 heteroatoms. The topological polar surface area (TPSA) is 78.6 Å². The number of amides is 1. The number of hydrogen-bond acceptors (Lipinski definition) is 4. The second-order valence-electron chi connectivity index (χ2n) is 8.01. The minimum atomic E-state index is -0.163. The Morgan fingerprint density at radius 2 is 1.78 bits per heavy atom. The van der Waals surface area contributed by atoms with E-state index >= 15 is 0 Å². The number of hydrogen-bond donors (Lipinski definition) is 2. The molecule has 0 unspecified atom stereocenters. The smallest absolute Gasteiger partial charge is 0.246 e. The van der Waals surface area contributed by atoms with Crippen LogP contribution in [0, 0.1) is 0 Å². The molecule has 0 spiro atoms. The molecule has 32 heavy (non-hydrogen) atoms. The largest absolute Gasteiger partial charge is 0.504 e. The lowest BCUT2D eigenvalue weighted by atomic mass is 9.98. The van der Waals surface area contributed by atoms with E-state index < -0.39 is 0 Å². The first-order valence-electron chi connectivity index (χ1n) is 10.5. The number of carbonyl (C=O) groups excluding carboxylic acids is 1. The van der Waals surface area contributed by atoms with Gasteiger partial charge in [0.25, 0.3) is 0 Å². The highest BCUT2D eigenvalue weighted by molar-refractivity contribution is 6.00. The number of phenols is 2. The van der Waals surface area contributed by atoms with Gasteiger partial charge in [0.2, 0.25) is 5.91 Å². The molecule has 0 atom stereocenters. The number of nitrogens with zero attached hydrogens (tertiary/aromatic N) is 3. The van der Waals surface area contributed by atoms with Crippen LogP contribution in [0.1, 0.15) is 16.7 Å². The van der Waals surface area contributed by atoms with Crippen molar-refractivity contribution < 1.29 is 15.0 Å². The lowest BCUT2D eigenvalue weighted by molar-refractivity contribution is -0.126. The predicted molar refractivity (Wildman–Crippen MR) is 124 cm³/mol. The first-order valence-corrected chi connectivity index (χ1v) is 10.5. The van der Waals surface area contributed by atoms with Crippen molar-refractivity contribution in [2.45, 2.75) is 13.0 Å². The van der Waals surface area contributed by atoms with Crippen LogP contribution in [0.3, 0.4) is 0 Å². The summed E-state index contributed by atoms with van der Waals surface area (Å²) in [7, 11) is 1.99. The molecule has 160 valence electrons. The third-order valence-electron chi connectivity index (χ3n) is 6.05. The lowest BCUT2D eigenvalue weighted by Gasteiger charge is -2.28. The number of aryl methyl sites for hydroxylation is 1. The molecule has 4 aromatic rings. The van der Waals surface area contributed by atoms with E-state index in [0.29, 0.717) is 19.5 Å². The van der Waals surface area contributed by atoms with E-state index in [1.54, 1.807) is 23.2 Å². The Morgan fingerprint density at radius 3 is 2.56 bits per heavy atom. The van der Waals surface area contributed by atoms with Crippen molar-refractivity contribution >= 4 is 23.0 Å². The van der Waals surface area contributed by atoms with E-state index in [2.05, 4.69) is 21.7 Å². The number of aromatic nitrogens is 2. The Bertz CT molecular complexity index is 1360. The highest BCUT2D eigenvalue weighted by atomic mass is 16.3. The van der Waals surface area contributed by atoms with Crippen molar-refractivity contribution in [1.29, 1.82) is 0 Å². The molecule has 0 saturated carbocycles. The Labute approximate surface area is 185 Å². The molecule has 5 rings (SSSR count). The first-order chi connectivity index (χ1) is 15.5. The first kappa shape index (κ1) is 19.9. The second kappa shape index (κ2) is 7.89. The van der Waals surface area contributed by atoms with E-state index in [9.17, 15) is 15.0 Å². The Morgan fingerprint density at radius 1 is 1.03 bits per heavy atom. The van der Waals surface area contributed by atoms with Gasteiger partial charge in [-0.1, -0.05) is 30.3 Å². The summed E-state index contributed by atoms with van der Waals surface area (Å²) in [5.74, 6) is -0.381. The zero-order valence-electron chi connectivity index (χ0n) is 17.7. The summed E-state index contributed by atoms with van der Waals surface area (Å²) in [4.78, 5) is 19.3. The van der Waals surface area contributed by atoms with E-state index in [1.807, 2.05) is 43.5 Å². The van der Waals surface area contributed by atoms with Crippen molar-refractivity contribution in [2.24, 2.45) is 7.05 Å². The maximum absolute atomic E-state index is 13.0. The molecule has 0 radical (unpaired) electrons. The van der Waals surface area contributed by atoms with E-state index in [4.69, 9.17) is 0 Å². The van der Waals surface area contributed by atoms with Gasteiger partial charge in [0.1, 0.15) is 5.65 Å². The second-order valence-corrected chi connectivity index (χ2v) is 8.01. The molecule has 2 aromatic carbocycles. The normalized spacial score (nSPS) is 13.6. The number of carbonyl (C=O) groups is 1. The van der Waals surface area contributed by atoms with Crippen molar-refractivity contribution in [3.8, 4) is 22.8 Å². The highest BCUT2D eigenvalue weighted by Gasteiger charge is 2.22. The molecule has 1 aliphatic heterocycles. The number of benzene rings is 2. The van der Waals surface area contributed by atoms with Crippen molar-refractivity contribution in [1.82, 2.24) is 14.5 Å². The summed E-state index contributed by atoms with van der Waals surface area (Å²) >= 11 is 0. The average Bonchev–Trinajstić information content (AvgIpc) is 3.10. The van der Waals surface area contributed by atoms with Gasteiger partial charge in [0.15, 0.2) is 11.5 Å². The molecular weight excluding hydrogens is 402 g/mol. The summed E-state index contributed by atoms with van der Waals surface area (Å²) in [5.41, 5.74) is 5.69. The molecule has 0 bridgehead atoms. The number of rotatable bonds is 3. The van der Waals surface area contributed by atoms with Crippen LogP contribution in [-0.2, 0) is 24.8 Å². The SMILES string of the molecule is Cn1c(-c2ccccc2)c(/C=C/C(=O)N2CCc3cc(O)c(O)cc3C2)c2cccnc21. The maximum atomic E-state index is 13.0. The molecule has 0 aliphatic carbocycles. The summed E-state index contributed by atoms with van der Waals surface area (Å²) in [5, 5.41) is 20.5. The summed E-state index contributed by atoms with van der Waals surface area (Å²) < 4.78 is 2.06. The van der Waals surface area contributed by atoms with Gasteiger partial charge in [0.05, 0.1) is 5.69 Å². The summed E-state index contributed by atoms with van der Waals surface area (Å²) in [6, 6.07) is 17.1. The standard InChI is InChI=1S/C26H23N3O3/c1-28-25(17-6-3-2-4-7-17)20(21-8-5-12-27-26(21)28)9-10-24(32)29-13-11-18-14-22(30)23(31)15-19(18)16-29/h2-10,12,14-15,30-31H,11,13,16H2,1H3/b10-9+. The van der Waals surface area contributed by atoms with Crippen LogP contribution in [0.2, 0.25) is 0 Å². The summed E-state index contributed by atoms with van der Waals surface area (Å²) in [6.07, 6.45) is 5.89. The third-order valence-corrected chi connectivity index (χ3v) is 6.05. The fourth-order valence-corrected chi connectivity index (χ4v) is 4.43. The molecule has 2 N–H and O–H groups in total. The van der Waals surface area contributed by atoms with Crippen LogP contribution in [0.4, 0.5) is 0 Å². The zero-order valence-corrected chi connectivity index (χ0v) is 17.7. The molecule has 1 amide bonds. The third kappa shape index (κ3) is 3.39. The van der Waals surface area contributed by atoms with E-state index in [0.717, 1.165) is 39.0 Å². The van der Waals surface area contributed by atoms with Crippen LogP contribution in [0.5, 0.6) is 11.5 Å². The molecule has 0 fully saturated rings. The van der Waals surface area contributed by atoms with Gasteiger partial charge in [0, 0.05) is 43.4 Å². The van der Waals surface area contributed by atoms with Gasteiger partial charge in [-0.05, 0) is 53.5 Å². The van der Waals surface area contributed by atoms with E-state index in [-0.39, 0.29) is 17.4 Å². The average molecular weight is 425 g/mol. The predicted octanol–water partition coefficient (Wildman–Crippen LogP) is 4.25. The fraction of sp³-hybridized carbons (Fsp3) is 0.154. The summed E-state index contributed by atoms with van der Waals surface area (Å²) in [6.45, 7) is 0.956. The monoisotopic (exact) mass is 425 g/mol. The maximum Gasteiger partial charge on any atom is 0.246 e. The van der Waals surface area contributed by atoms with Crippen LogP contribution in [-0.4, -0.2) is 37.1 Å². The molecule has 6 nitrogen and oxygen atoms in total. The molecular formula is C26H23N3O3. The Kier molecular flexibility index (Phi) is 4.90. The quantitative estimate of drug-likeness (QED) is 0.380. The number of phenolic OH excluding ortho intramolecular Hbond substituents is 2. The van der Waals surface area contributed by atoms with Gasteiger partial charge in [-0.3, -0.25) is 4.79 Å². The van der Waals surface area contributed by atoms with Crippen molar-refractivity contribution in [2.75, 3.05) is 6.54 Å². The zero-order chi connectivity index (χ0) is 22.2.